The fourth-order valence-electron chi connectivity index (χ4n) is 1.71. The van der Waals surface area contributed by atoms with Crippen LogP contribution in [0.5, 0.6) is 5.75 Å². The lowest BCUT2D eigenvalue weighted by atomic mass is 10.2. The van der Waals surface area contributed by atoms with E-state index in [2.05, 4.69) is 25.5 Å². The molecule has 2 amide bonds. The van der Waals surface area contributed by atoms with Crippen molar-refractivity contribution < 1.29 is 45.8 Å². The molecule has 166 valence electrons. The number of ether oxygens (including phenoxy) is 1. The number of anilines is 1. The topological polar surface area (TPSA) is 118 Å². The Labute approximate surface area is 164 Å². The average Bonchev–Trinajstić information content (AvgIpc) is 2.89. The van der Waals surface area contributed by atoms with Crippen LogP contribution < -0.4 is 15.4 Å². The molecular weight excluding hydrogens is 428 g/mol. The fourth-order valence-corrected chi connectivity index (χ4v) is 1.71. The molecule has 0 bridgehead atoms. The lowest BCUT2D eigenvalue weighted by molar-refractivity contribution is -0.274. The highest BCUT2D eigenvalue weighted by Gasteiger charge is 2.38. The van der Waals surface area contributed by atoms with Gasteiger partial charge in [0.1, 0.15) is 11.6 Å². The first-order valence-electron chi connectivity index (χ1n) is 7.75. The van der Waals surface area contributed by atoms with Crippen molar-refractivity contribution in [2.45, 2.75) is 26.0 Å². The van der Waals surface area contributed by atoms with Gasteiger partial charge in [-0.1, -0.05) is 18.2 Å². The Kier molecular flexibility index (Phi) is 8.01. The number of amides is 2. The summed E-state index contributed by atoms with van der Waals surface area (Å²) in [6, 6.07) is 4.90. The van der Waals surface area contributed by atoms with Crippen molar-refractivity contribution in [2.75, 3.05) is 5.32 Å². The van der Waals surface area contributed by atoms with Gasteiger partial charge in [-0.25, -0.2) is 9.59 Å². The number of urea groups is 1. The molecule has 0 fully saturated rings. The molecule has 0 saturated heterocycles. The lowest BCUT2D eigenvalue weighted by Gasteiger charge is -2.13. The molecule has 0 aliphatic heterocycles. The van der Waals surface area contributed by atoms with E-state index < -0.39 is 24.5 Å². The van der Waals surface area contributed by atoms with Crippen LogP contribution >= 0.6 is 0 Å². The Morgan fingerprint density at radius 3 is 2.20 bits per heavy atom. The van der Waals surface area contributed by atoms with Gasteiger partial charge in [-0.05, 0) is 13.0 Å². The molecule has 1 aromatic carbocycles. The largest absolute Gasteiger partial charge is 0.573 e. The molecule has 0 atom stereocenters. The molecule has 30 heavy (non-hydrogen) atoms. The predicted molar refractivity (Wildman–Crippen MR) is 88.4 cm³/mol. The van der Waals surface area contributed by atoms with E-state index in [0.29, 0.717) is 5.82 Å². The number of nitrogens with one attached hydrogen (secondary N) is 2. The molecule has 0 unspecified atom stereocenters. The fraction of sp³-hybridized carbons (Fsp3) is 0.333. The van der Waals surface area contributed by atoms with Crippen LogP contribution in [-0.4, -0.2) is 44.4 Å². The summed E-state index contributed by atoms with van der Waals surface area (Å²) in [7, 11) is 1.66. The van der Waals surface area contributed by atoms with Crippen LogP contribution in [0.25, 0.3) is 0 Å². The van der Waals surface area contributed by atoms with Gasteiger partial charge in [0.2, 0.25) is 5.95 Å². The zero-order chi connectivity index (χ0) is 23.1. The highest BCUT2D eigenvalue weighted by atomic mass is 19.4. The van der Waals surface area contributed by atoms with E-state index in [0.717, 1.165) is 0 Å². The number of hydrogen-bond acceptors (Lipinski definition) is 5. The number of rotatable bonds is 4. The number of carboxylic acid groups (broad SMARTS) is 1. The zero-order valence-electron chi connectivity index (χ0n) is 15.3. The molecule has 3 N–H and O–H groups in total. The van der Waals surface area contributed by atoms with Crippen LogP contribution in [0.15, 0.2) is 24.3 Å². The number of hydrogen-bond donors (Lipinski definition) is 3. The zero-order valence-corrected chi connectivity index (χ0v) is 15.3. The van der Waals surface area contributed by atoms with Gasteiger partial charge in [-0.3, -0.25) is 10.00 Å². The number of carboxylic acids is 1. The van der Waals surface area contributed by atoms with E-state index in [1.54, 1.807) is 20.0 Å². The smallest absolute Gasteiger partial charge is 0.475 e. The van der Waals surface area contributed by atoms with Crippen LogP contribution in [0.3, 0.4) is 0 Å². The molecule has 0 radical (unpaired) electrons. The molecule has 2 rings (SSSR count). The monoisotopic (exact) mass is 443 g/mol. The third-order valence-corrected chi connectivity index (χ3v) is 3.09. The highest BCUT2D eigenvalue weighted by Crippen LogP contribution is 2.26. The van der Waals surface area contributed by atoms with Crippen LogP contribution in [-0.2, 0) is 18.4 Å². The van der Waals surface area contributed by atoms with Crippen LogP contribution in [0, 0.1) is 6.92 Å². The second kappa shape index (κ2) is 9.80. The number of carbonyl (C=O) groups excluding carboxylic acids is 1. The van der Waals surface area contributed by atoms with Crippen LogP contribution in [0.4, 0.5) is 37.1 Å². The van der Waals surface area contributed by atoms with Crippen molar-refractivity contribution in [3.8, 4) is 5.75 Å². The SMILES string of the molecule is Cc1nc(NC(=O)NCc2ccccc2OC(F)(F)F)nn1C.O=C(O)C(F)(F)F. The third-order valence-electron chi connectivity index (χ3n) is 3.09. The summed E-state index contributed by atoms with van der Waals surface area (Å²) in [5.74, 6) is -2.42. The Morgan fingerprint density at radius 1 is 1.17 bits per heavy atom. The first-order chi connectivity index (χ1) is 13.7. The van der Waals surface area contributed by atoms with E-state index in [1.165, 1.54) is 22.9 Å². The van der Waals surface area contributed by atoms with Crippen molar-refractivity contribution in [3.63, 3.8) is 0 Å². The maximum Gasteiger partial charge on any atom is 0.573 e. The number of carbonyl (C=O) groups is 2. The highest BCUT2D eigenvalue weighted by molar-refractivity contribution is 5.87. The normalized spacial score (nSPS) is 11.2. The number of aromatic nitrogens is 3. The van der Waals surface area contributed by atoms with Crippen molar-refractivity contribution >= 4 is 17.9 Å². The second-order valence-electron chi connectivity index (χ2n) is 5.37. The summed E-state index contributed by atoms with van der Waals surface area (Å²) in [5, 5.41) is 15.9. The first-order valence-corrected chi connectivity index (χ1v) is 7.75. The van der Waals surface area contributed by atoms with E-state index in [-0.39, 0.29) is 23.8 Å². The van der Waals surface area contributed by atoms with Gasteiger partial charge in [0, 0.05) is 19.2 Å². The van der Waals surface area contributed by atoms with Crippen molar-refractivity contribution in [1.82, 2.24) is 20.1 Å². The Hall–Kier alpha value is -3.52. The minimum absolute atomic E-state index is 0.0994. The summed E-state index contributed by atoms with van der Waals surface area (Å²) in [5.41, 5.74) is 0.185. The standard InChI is InChI=1S/C13H14F3N5O2.C2HF3O2/c1-8-18-11(20-21(8)2)19-12(22)17-7-9-5-3-4-6-10(9)23-13(14,15)16;3-2(4,5)1(6)7/h3-6H,7H2,1-2H3,(H2,17,19,20,22);(H,6,7). The maximum absolute atomic E-state index is 12.3. The van der Waals surface area contributed by atoms with Gasteiger partial charge < -0.3 is 15.2 Å². The van der Waals surface area contributed by atoms with E-state index in [1.807, 2.05) is 0 Å². The Morgan fingerprint density at radius 2 is 1.73 bits per heavy atom. The molecule has 0 spiro atoms. The molecule has 15 heteroatoms. The molecule has 9 nitrogen and oxygen atoms in total. The average molecular weight is 443 g/mol. The number of aliphatic carboxylic acids is 1. The molecule has 0 aliphatic carbocycles. The Balaban J connectivity index is 0.000000553. The number of benzene rings is 1. The van der Waals surface area contributed by atoms with Gasteiger partial charge in [0.15, 0.2) is 0 Å². The number of nitrogens with zero attached hydrogens (tertiary/aromatic N) is 3. The first kappa shape index (κ1) is 24.5. The molecule has 0 aliphatic rings. The summed E-state index contributed by atoms with van der Waals surface area (Å²) in [6.45, 7) is 1.56. The minimum Gasteiger partial charge on any atom is -0.475 e. The van der Waals surface area contributed by atoms with Gasteiger partial charge in [-0.2, -0.15) is 18.2 Å². The van der Waals surface area contributed by atoms with E-state index in [4.69, 9.17) is 9.90 Å². The van der Waals surface area contributed by atoms with Crippen molar-refractivity contribution in [3.05, 3.63) is 35.7 Å². The molecule has 2 aromatic rings. The van der Waals surface area contributed by atoms with Gasteiger partial charge in [0.25, 0.3) is 0 Å². The summed E-state index contributed by atoms with van der Waals surface area (Å²) < 4.78 is 74.0. The van der Waals surface area contributed by atoms with Crippen molar-refractivity contribution in [2.24, 2.45) is 7.05 Å². The van der Waals surface area contributed by atoms with E-state index >= 15 is 0 Å². The van der Waals surface area contributed by atoms with Crippen LogP contribution in [0.2, 0.25) is 0 Å². The van der Waals surface area contributed by atoms with Gasteiger partial charge in [0.05, 0.1) is 0 Å². The predicted octanol–water partition coefficient (Wildman–Crippen LogP) is 2.98. The lowest BCUT2D eigenvalue weighted by Crippen LogP contribution is -2.29. The number of aryl methyl sites for hydroxylation is 2. The second-order valence-corrected chi connectivity index (χ2v) is 5.37. The number of alkyl halides is 6. The molecule has 0 saturated carbocycles. The minimum atomic E-state index is -5.08. The molecule has 1 heterocycles. The van der Waals surface area contributed by atoms with Crippen molar-refractivity contribution in [1.29, 1.82) is 0 Å². The Bertz CT molecular complexity index is 862. The molecular formula is C15H15F6N5O4. The number of para-hydroxylation sites is 1. The van der Waals surface area contributed by atoms with Gasteiger partial charge in [-0.15, -0.1) is 18.3 Å². The summed E-state index contributed by atoms with van der Waals surface area (Å²) in [4.78, 5) is 24.6. The van der Waals surface area contributed by atoms with E-state index in [9.17, 15) is 31.1 Å². The van der Waals surface area contributed by atoms with Crippen LogP contribution in [0.1, 0.15) is 11.4 Å². The third kappa shape index (κ3) is 8.66. The summed E-state index contributed by atoms with van der Waals surface area (Å²) >= 11 is 0. The maximum atomic E-state index is 12.3. The van der Waals surface area contributed by atoms with Gasteiger partial charge >= 0.3 is 24.5 Å². The quantitative estimate of drug-likeness (QED) is 0.626. The summed E-state index contributed by atoms with van der Waals surface area (Å²) in [6.07, 6.45) is -9.88. The number of halogens is 6. The molecule has 1 aromatic heterocycles.